The second kappa shape index (κ2) is 8.23. The van der Waals surface area contributed by atoms with Crippen LogP contribution >= 0.6 is 11.6 Å². The number of nitrogens with one attached hydrogen (secondary N) is 2. The van der Waals surface area contributed by atoms with Gasteiger partial charge in [-0.1, -0.05) is 17.7 Å². The van der Waals surface area contributed by atoms with E-state index in [2.05, 4.69) is 25.5 Å². The van der Waals surface area contributed by atoms with Crippen LogP contribution in [0.25, 0.3) is 0 Å². The first kappa shape index (κ1) is 18.3. The van der Waals surface area contributed by atoms with Gasteiger partial charge in [0.25, 0.3) is 0 Å². The molecule has 2 heterocycles. The van der Waals surface area contributed by atoms with Crippen molar-refractivity contribution in [1.29, 1.82) is 0 Å². The zero-order chi connectivity index (χ0) is 18.5. The fourth-order valence-corrected chi connectivity index (χ4v) is 3.36. The Kier molecular flexibility index (Phi) is 5.78. The molecule has 1 aliphatic heterocycles. The second-order valence-electron chi connectivity index (χ2n) is 6.09. The first-order chi connectivity index (χ1) is 12.6. The molecule has 0 aliphatic carbocycles. The van der Waals surface area contributed by atoms with Crippen LogP contribution in [0, 0.1) is 0 Å². The summed E-state index contributed by atoms with van der Waals surface area (Å²) in [5.74, 6) is 0.502. The number of anilines is 3. The van der Waals surface area contributed by atoms with Gasteiger partial charge in [0.2, 0.25) is 0 Å². The number of ether oxygens (including phenoxy) is 1. The Morgan fingerprint density at radius 2 is 2.08 bits per heavy atom. The Bertz CT molecular complexity index is 778. The largest absolute Gasteiger partial charge is 0.465 e. The molecule has 0 bridgehead atoms. The van der Waals surface area contributed by atoms with Gasteiger partial charge in [-0.15, -0.1) is 0 Å². The summed E-state index contributed by atoms with van der Waals surface area (Å²) >= 11 is 6.15. The molecule has 7 nitrogen and oxygen atoms in total. The van der Waals surface area contributed by atoms with E-state index in [1.807, 2.05) is 25.2 Å². The number of piperidine rings is 1. The Morgan fingerprint density at radius 3 is 2.77 bits per heavy atom. The van der Waals surface area contributed by atoms with E-state index < -0.39 is 0 Å². The molecule has 0 amide bonds. The highest BCUT2D eigenvalue weighted by Crippen LogP contribution is 2.31. The highest BCUT2D eigenvalue weighted by atomic mass is 35.5. The molecule has 2 aromatic rings. The maximum absolute atomic E-state index is 11.7. The van der Waals surface area contributed by atoms with E-state index in [-0.39, 0.29) is 5.97 Å². The number of halogens is 1. The van der Waals surface area contributed by atoms with Crippen LogP contribution in [-0.2, 0) is 4.74 Å². The summed E-state index contributed by atoms with van der Waals surface area (Å²) in [6.07, 6.45) is 3.39. The van der Waals surface area contributed by atoms with Crippen LogP contribution in [0.4, 0.5) is 17.2 Å². The van der Waals surface area contributed by atoms with Gasteiger partial charge in [0.1, 0.15) is 12.0 Å². The molecule has 8 heteroatoms. The molecule has 1 saturated heterocycles. The van der Waals surface area contributed by atoms with Gasteiger partial charge in [-0.25, -0.2) is 14.8 Å². The highest BCUT2D eigenvalue weighted by Gasteiger charge is 2.23. The van der Waals surface area contributed by atoms with Crippen molar-refractivity contribution in [2.75, 3.05) is 42.8 Å². The molecule has 0 radical (unpaired) electrons. The number of hydrogen-bond donors (Lipinski definition) is 2. The summed E-state index contributed by atoms with van der Waals surface area (Å²) in [5.41, 5.74) is 2.22. The number of rotatable bonds is 5. The number of aromatic nitrogens is 2. The van der Waals surface area contributed by atoms with E-state index in [0.29, 0.717) is 16.8 Å². The summed E-state index contributed by atoms with van der Waals surface area (Å²) in [6.45, 7) is 1.72. The lowest BCUT2D eigenvalue weighted by atomic mass is 10.0. The molecule has 1 aliphatic rings. The minimum Gasteiger partial charge on any atom is -0.465 e. The molecule has 1 aromatic carbocycles. The lowest BCUT2D eigenvalue weighted by Crippen LogP contribution is -2.39. The predicted molar refractivity (Wildman–Crippen MR) is 103 cm³/mol. The summed E-state index contributed by atoms with van der Waals surface area (Å²) < 4.78 is 4.77. The minimum absolute atomic E-state index is 0.328. The molecular formula is C18H22ClN5O2. The molecule has 0 spiro atoms. The first-order valence-corrected chi connectivity index (χ1v) is 8.88. The average Bonchev–Trinajstić information content (AvgIpc) is 2.68. The van der Waals surface area contributed by atoms with Crippen LogP contribution in [0.2, 0.25) is 5.15 Å². The minimum atomic E-state index is -0.330. The van der Waals surface area contributed by atoms with Gasteiger partial charge in [-0.2, -0.15) is 0 Å². The molecule has 0 atom stereocenters. The number of nitrogens with zero attached hydrogens (tertiary/aromatic N) is 3. The van der Waals surface area contributed by atoms with Crippen LogP contribution in [0.15, 0.2) is 30.6 Å². The molecule has 0 unspecified atom stereocenters. The zero-order valence-electron chi connectivity index (χ0n) is 14.8. The third-order valence-electron chi connectivity index (χ3n) is 4.48. The zero-order valence-corrected chi connectivity index (χ0v) is 15.6. The maximum atomic E-state index is 11.7. The molecule has 2 N–H and O–H groups in total. The summed E-state index contributed by atoms with van der Waals surface area (Å²) in [7, 11) is 3.20. The number of benzene rings is 1. The third kappa shape index (κ3) is 3.99. The molecule has 0 saturated carbocycles. The summed E-state index contributed by atoms with van der Waals surface area (Å²) in [6, 6.07) is 7.71. The fraction of sp³-hybridized carbons (Fsp3) is 0.389. The summed E-state index contributed by atoms with van der Waals surface area (Å²) in [5, 5.41) is 7.01. The summed E-state index contributed by atoms with van der Waals surface area (Å²) in [4.78, 5) is 22.3. The van der Waals surface area contributed by atoms with Crippen molar-refractivity contribution >= 4 is 34.8 Å². The maximum Gasteiger partial charge on any atom is 0.337 e. The van der Waals surface area contributed by atoms with E-state index in [4.69, 9.17) is 16.3 Å². The van der Waals surface area contributed by atoms with E-state index in [9.17, 15) is 4.79 Å². The number of methoxy groups -OCH3 is 1. The monoisotopic (exact) mass is 375 g/mol. The van der Waals surface area contributed by atoms with Crippen molar-refractivity contribution < 1.29 is 9.53 Å². The van der Waals surface area contributed by atoms with Crippen molar-refractivity contribution in [3.8, 4) is 0 Å². The normalized spacial score (nSPS) is 14.8. The molecule has 1 aromatic heterocycles. The quantitative estimate of drug-likeness (QED) is 0.614. The Balaban J connectivity index is 1.63. The SMILES string of the molecule is CNc1c(Cl)ncnc1N1CCC(Nc2cccc(C(=O)OC)c2)CC1. The van der Waals surface area contributed by atoms with E-state index >= 15 is 0 Å². The smallest absolute Gasteiger partial charge is 0.337 e. The lowest BCUT2D eigenvalue weighted by Gasteiger charge is -2.34. The van der Waals surface area contributed by atoms with Crippen molar-refractivity contribution in [2.24, 2.45) is 0 Å². The first-order valence-electron chi connectivity index (χ1n) is 8.50. The van der Waals surface area contributed by atoms with Gasteiger partial charge in [-0.3, -0.25) is 0 Å². The van der Waals surface area contributed by atoms with Crippen molar-refractivity contribution in [1.82, 2.24) is 9.97 Å². The van der Waals surface area contributed by atoms with Gasteiger partial charge in [0, 0.05) is 31.9 Å². The molecular weight excluding hydrogens is 354 g/mol. The standard InChI is InChI=1S/C18H22ClN5O2/c1-20-15-16(19)21-11-22-17(15)24-8-6-13(7-9-24)23-14-5-3-4-12(10-14)18(25)26-2/h3-5,10-11,13,20,23H,6-9H2,1-2H3. The molecule has 1 fully saturated rings. The lowest BCUT2D eigenvalue weighted by molar-refractivity contribution is 0.0601. The Morgan fingerprint density at radius 1 is 1.31 bits per heavy atom. The van der Waals surface area contributed by atoms with E-state index in [0.717, 1.165) is 43.1 Å². The van der Waals surface area contributed by atoms with E-state index in [1.165, 1.54) is 13.4 Å². The number of carbonyl (C=O) groups is 1. The van der Waals surface area contributed by atoms with Crippen molar-refractivity contribution in [3.63, 3.8) is 0 Å². The second-order valence-corrected chi connectivity index (χ2v) is 6.45. The van der Waals surface area contributed by atoms with Crippen LogP contribution in [0.3, 0.4) is 0 Å². The van der Waals surface area contributed by atoms with Crippen molar-refractivity contribution in [3.05, 3.63) is 41.3 Å². The van der Waals surface area contributed by atoms with Crippen LogP contribution in [0.1, 0.15) is 23.2 Å². The van der Waals surface area contributed by atoms with Gasteiger partial charge in [0.05, 0.1) is 12.7 Å². The molecule has 26 heavy (non-hydrogen) atoms. The van der Waals surface area contributed by atoms with E-state index in [1.54, 1.807) is 6.07 Å². The van der Waals surface area contributed by atoms with Gasteiger partial charge >= 0.3 is 5.97 Å². The topological polar surface area (TPSA) is 79.4 Å². The highest BCUT2D eigenvalue weighted by molar-refractivity contribution is 6.32. The van der Waals surface area contributed by atoms with Gasteiger partial charge < -0.3 is 20.3 Å². The molecule has 3 rings (SSSR count). The fourth-order valence-electron chi connectivity index (χ4n) is 3.14. The van der Waals surface area contributed by atoms with Crippen LogP contribution < -0.4 is 15.5 Å². The molecule has 138 valence electrons. The average molecular weight is 376 g/mol. The Hall–Kier alpha value is -2.54. The van der Waals surface area contributed by atoms with Crippen molar-refractivity contribution in [2.45, 2.75) is 18.9 Å². The van der Waals surface area contributed by atoms with Crippen LogP contribution in [-0.4, -0.2) is 49.2 Å². The number of esters is 1. The number of hydrogen-bond acceptors (Lipinski definition) is 7. The van der Waals surface area contributed by atoms with Gasteiger partial charge in [-0.05, 0) is 31.0 Å². The third-order valence-corrected chi connectivity index (χ3v) is 4.77. The predicted octanol–water partition coefficient (Wildman–Crippen LogP) is 3.04. The number of carbonyl (C=O) groups excluding carboxylic acids is 1. The van der Waals surface area contributed by atoms with Gasteiger partial charge in [0.15, 0.2) is 11.0 Å². The Labute approximate surface area is 157 Å². The van der Waals surface area contributed by atoms with Crippen LogP contribution in [0.5, 0.6) is 0 Å².